The first-order valence-electron chi connectivity index (χ1n) is 8.69. The van der Waals surface area contributed by atoms with Crippen molar-refractivity contribution in [2.24, 2.45) is 0 Å². The average molecular weight is 310 g/mol. The second-order valence-electron chi connectivity index (χ2n) is 6.26. The van der Waals surface area contributed by atoms with Gasteiger partial charge in [0.1, 0.15) is 5.75 Å². The average Bonchev–Trinajstić information content (AvgIpc) is 3.08. The molecule has 23 heavy (non-hydrogen) atoms. The van der Waals surface area contributed by atoms with Gasteiger partial charge in [0.2, 0.25) is 0 Å². The summed E-state index contributed by atoms with van der Waals surface area (Å²) in [4.78, 5) is 4.79. The largest absolute Gasteiger partial charge is 0.494 e. The Labute approximate surface area is 139 Å². The van der Waals surface area contributed by atoms with E-state index in [1.54, 1.807) is 0 Å². The molecular weight excluding hydrogens is 284 g/mol. The van der Waals surface area contributed by atoms with E-state index in [-0.39, 0.29) is 0 Å². The number of pyridine rings is 1. The number of ether oxygens (including phenoxy) is 1. The summed E-state index contributed by atoms with van der Waals surface area (Å²) in [6, 6.07) is 13.2. The number of benzene rings is 1. The molecule has 0 bridgehead atoms. The lowest BCUT2D eigenvalue weighted by atomic mass is 10.1. The van der Waals surface area contributed by atoms with Crippen LogP contribution in [-0.4, -0.2) is 17.6 Å². The van der Waals surface area contributed by atoms with Crippen LogP contribution in [0.5, 0.6) is 5.75 Å². The van der Waals surface area contributed by atoms with Crippen molar-refractivity contribution in [1.82, 2.24) is 10.3 Å². The first kappa shape index (κ1) is 16.0. The van der Waals surface area contributed by atoms with E-state index in [4.69, 9.17) is 9.72 Å². The van der Waals surface area contributed by atoms with Crippen LogP contribution in [0.4, 0.5) is 0 Å². The molecule has 0 spiro atoms. The Morgan fingerprint density at radius 3 is 2.74 bits per heavy atom. The first-order valence-corrected chi connectivity index (χ1v) is 8.69. The van der Waals surface area contributed by atoms with Crippen molar-refractivity contribution >= 4 is 0 Å². The molecule has 122 valence electrons. The minimum Gasteiger partial charge on any atom is -0.494 e. The number of hydrogen-bond acceptors (Lipinski definition) is 3. The van der Waals surface area contributed by atoms with Gasteiger partial charge in [-0.1, -0.05) is 31.0 Å². The lowest BCUT2D eigenvalue weighted by molar-refractivity contribution is 0.340. The Morgan fingerprint density at radius 2 is 2.00 bits per heavy atom. The number of nitrogens with zero attached hydrogens (tertiary/aromatic N) is 1. The quantitative estimate of drug-likeness (QED) is 0.853. The maximum atomic E-state index is 5.58. The van der Waals surface area contributed by atoms with Crippen LogP contribution in [0.1, 0.15) is 43.9 Å². The van der Waals surface area contributed by atoms with Crippen LogP contribution in [0.2, 0.25) is 0 Å². The molecule has 0 aliphatic heterocycles. The van der Waals surface area contributed by atoms with Gasteiger partial charge in [-0.15, -0.1) is 0 Å². The Kier molecular flexibility index (Phi) is 5.29. The van der Waals surface area contributed by atoms with Gasteiger partial charge >= 0.3 is 0 Å². The van der Waals surface area contributed by atoms with Gasteiger partial charge in [0.25, 0.3) is 0 Å². The van der Waals surface area contributed by atoms with Crippen LogP contribution in [0.25, 0.3) is 11.3 Å². The highest BCUT2D eigenvalue weighted by Gasteiger charge is 2.14. The van der Waals surface area contributed by atoms with Gasteiger partial charge in [0.15, 0.2) is 0 Å². The van der Waals surface area contributed by atoms with Crippen molar-refractivity contribution in [2.75, 3.05) is 6.61 Å². The fourth-order valence-electron chi connectivity index (χ4n) is 3.23. The molecule has 2 aromatic rings. The Balaban J connectivity index is 1.71. The van der Waals surface area contributed by atoms with Crippen molar-refractivity contribution in [3.8, 4) is 17.0 Å². The molecule has 1 N–H and O–H groups in total. The zero-order chi connectivity index (χ0) is 16.1. The maximum Gasteiger partial charge on any atom is 0.119 e. The standard InChI is InChI=1S/C20H26N2O/c1-3-23-19-10-6-7-16(13-19)20-12-11-17(15(2)22-20)14-21-18-8-4-5-9-18/h6-7,10-13,18,21H,3-5,8-9,14H2,1-2H3. The van der Waals surface area contributed by atoms with E-state index in [9.17, 15) is 0 Å². The van der Waals surface area contributed by atoms with Gasteiger partial charge in [-0.3, -0.25) is 4.98 Å². The molecule has 0 amide bonds. The third kappa shape index (κ3) is 4.11. The Morgan fingerprint density at radius 1 is 1.17 bits per heavy atom. The van der Waals surface area contributed by atoms with Gasteiger partial charge in [-0.05, 0) is 50.5 Å². The lowest BCUT2D eigenvalue weighted by Crippen LogP contribution is -2.25. The number of hydrogen-bond donors (Lipinski definition) is 1. The number of aryl methyl sites for hydroxylation is 1. The van der Waals surface area contributed by atoms with Crippen LogP contribution in [-0.2, 0) is 6.54 Å². The van der Waals surface area contributed by atoms with Crippen LogP contribution in [0.15, 0.2) is 36.4 Å². The maximum absolute atomic E-state index is 5.58. The van der Waals surface area contributed by atoms with Gasteiger partial charge in [0, 0.05) is 23.8 Å². The molecule has 1 heterocycles. The van der Waals surface area contributed by atoms with Gasteiger partial charge in [-0.25, -0.2) is 0 Å². The normalized spacial score (nSPS) is 15.0. The van der Waals surface area contributed by atoms with E-state index in [0.717, 1.165) is 29.2 Å². The van der Waals surface area contributed by atoms with Crippen LogP contribution in [0, 0.1) is 6.92 Å². The first-order chi connectivity index (χ1) is 11.3. The summed E-state index contributed by atoms with van der Waals surface area (Å²) in [5, 5.41) is 3.66. The summed E-state index contributed by atoms with van der Waals surface area (Å²) in [6.45, 7) is 5.70. The Bertz CT molecular complexity index is 648. The highest BCUT2D eigenvalue weighted by atomic mass is 16.5. The molecule has 1 aliphatic rings. The smallest absolute Gasteiger partial charge is 0.119 e. The highest BCUT2D eigenvalue weighted by molar-refractivity contribution is 5.61. The third-order valence-corrected chi connectivity index (χ3v) is 4.57. The number of aromatic nitrogens is 1. The second-order valence-corrected chi connectivity index (χ2v) is 6.26. The van der Waals surface area contributed by atoms with Gasteiger partial charge in [0.05, 0.1) is 12.3 Å². The van der Waals surface area contributed by atoms with Crippen molar-refractivity contribution in [3.05, 3.63) is 47.7 Å². The summed E-state index contributed by atoms with van der Waals surface area (Å²) in [5.74, 6) is 0.899. The fraction of sp³-hybridized carbons (Fsp3) is 0.450. The molecule has 0 unspecified atom stereocenters. The minimum atomic E-state index is 0.682. The van der Waals surface area contributed by atoms with Crippen LogP contribution >= 0.6 is 0 Å². The molecule has 3 rings (SSSR count). The zero-order valence-corrected chi connectivity index (χ0v) is 14.1. The molecule has 3 nitrogen and oxygen atoms in total. The lowest BCUT2D eigenvalue weighted by Gasteiger charge is -2.14. The fourth-order valence-corrected chi connectivity index (χ4v) is 3.23. The summed E-state index contributed by atoms with van der Waals surface area (Å²) < 4.78 is 5.58. The molecule has 0 atom stereocenters. The monoisotopic (exact) mass is 310 g/mol. The second kappa shape index (κ2) is 7.60. The van der Waals surface area contributed by atoms with Crippen molar-refractivity contribution in [1.29, 1.82) is 0 Å². The van der Waals surface area contributed by atoms with Gasteiger partial charge < -0.3 is 10.1 Å². The molecule has 1 saturated carbocycles. The van der Waals surface area contributed by atoms with E-state index in [1.807, 2.05) is 19.1 Å². The molecule has 3 heteroatoms. The third-order valence-electron chi connectivity index (χ3n) is 4.57. The summed E-state index contributed by atoms with van der Waals surface area (Å²) in [5.41, 5.74) is 4.51. The topological polar surface area (TPSA) is 34.1 Å². The van der Waals surface area contributed by atoms with E-state index >= 15 is 0 Å². The summed E-state index contributed by atoms with van der Waals surface area (Å²) in [7, 11) is 0. The van der Waals surface area contributed by atoms with E-state index in [2.05, 4.69) is 36.5 Å². The highest BCUT2D eigenvalue weighted by Crippen LogP contribution is 2.24. The Hall–Kier alpha value is -1.87. The predicted molar refractivity (Wildman–Crippen MR) is 94.7 cm³/mol. The van der Waals surface area contributed by atoms with E-state index in [1.165, 1.54) is 31.2 Å². The van der Waals surface area contributed by atoms with E-state index < -0.39 is 0 Å². The minimum absolute atomic E-state index is 0.682. The van der Waals surface area contributed by atoms with Crippen molar-refractivity contribution in [3.63, 3.8) is 0 Å². The van der Waals surface area contributed by atoms with Crippen LogP contribution < -0.4 is 10.1 Å². The SMILES string of the molecule is CCOc1cccc(-c2ccc(CNC3CCCC3)c(C)n2)c1. The molecule has 1 aromatic carbocycles. The van der Waals surface area contributed by atoms with Crippen LogP contribution in [0.3, 0.4) is 0 Å². The molecule has 1 aliphatic carbocycles. The molecule has 1 aromatic heterocycles. The molecule has 1 fully saturated rings. The van der Waals surface area contributed by atoms with E-state index in [0.29, 0.717) is 12.6 Å². The number of nitrogens with one attached hydrogen (secondary N) is 1. The molecule has 0 radical (unpaired) electrons. The number of rotatable bonds is 6. The summed E-state index contributed by atoms with van der Waals surface area (Å²) >= 11 is 0. The zero-order valence-electron chi connectivity index (χ0n) is 14.1. The molecular formula is C20H26N2O. The van der Waals surface area contributed by atoms with Crippen molar-refractivity contribution < 1.29 is 4.74 Å². The molecule has 0 saturated heterocycles. The van der Waals surface area contributed by atoms with Gasteiger partial charge in [-0.2, -0.15) is 0 Å². The predicted octanol–water partition coefficient (Wildman–Crippen LogP) is 4.49. The summed E-state index contributed by atoms with van der Waals surface area (Å²) in [6.07, 6.45) is 5.36. The van der Waals surface area contributed by atoms with Crippen molar-refractivity contribution in [2.45, 2.75) is 52.1 Å².